The Hall–Kier alpha value is -2.47. The van der Waals surface area contributed by atoms with Crippen LogP contribution in [0.25, 0.3) is 11.0 Å². The number of rotatable bonds is 6. The number of imidazole rings is 1. The fourth-order valence-corrected chi connectivity index (χ4v) is 3.04. The second kappa shape index (κ2) is 7.19. The van der Waals surface area contributed by atoms with Gasteiger partial charge in [-0.15, -0.1) is 0 Å². The maximum absolute atomic E-state index is 13.6. The molecule has 3 rings (SSSR count). The molecule has 2 aromatic carbocycles. The number of ether oxygens (including phenoxy) is 1. The van der Waals surface area contributed by atoms with Crippen LogP contribution in [0.1, 0.15) is 36.5 Å². The normalized spacial score (nSPS) is 12.7. The maximum atomic E-state index is 13.6. The zero-order valence-electron chi connectivity index (χ0n) is 14.5. The van der Waals surface area contributed by atoms with Gasteiger partial charge in [-0.2, -0.15) is 8.78 Å². The van der Waals surface area contributed by atoms with Crippen molar-refractivity contribution in [3.8, 4) is 0 Å². The van der Waals surface area contributed by atoms with Crippen LogP contribution in [0.2, 0.25) is 0 Å². The number of anilines is 1. The molecule has 25 heavy (non-hydrogen) atoms. The van der Waals surface area contributed by atoms with Crippen LogP contribution in [-0.4, -0.2) is 16.7 Å². The van der Waals surface area contributed by atoms with E-state index < -0.39 is 6.55 Å². The summed E-state index contributed by atoms with van der Waals surface area (Å²) in [5.41, 5.74) is 3.95. The summed E-state index contributed by atoms with van der Waals surface area (Å²) in [6.07, 6.45) is 0. The summed E-state index contributed by atoms with van der Waals surface area (Å²) in [5.74, 6) is 0.307. The van der Waals surface area contributed by atoms with Crippen LogP contribution < -0.4 is 5.32 Å². The van der Waals surface area contributed by atoms with E-state index in [1.54, 1.807) is 31.4 Å². The van der Waals surface area contributed by atoms with Gasteiger partial charge < -0.3 is 10.1 Å². The fourth-order valence-electron chi connectivity index (χ4n) is 3.04. The van der Waals surface area contributed by atoms with E-state index in [0.717, 1.165) is 21.4 Å². The van der Waals surface area contributed by atoms with Gasteiger partial charge in [0.15, 0.2) is 0 Å². The molecule has 0 amide bonds. The Morgan fingerprint density at radius 3 is 2.64 bits per heavy atom. The van der Waals surface area contributed by atoms with Crippen molar-refractivity contribution in [3.63, 3.8) is 0 Å². The monoisotopic (exact) mass is 345 g/mol. The van der Waals surface area contributed by atoms with Gasteiger partial charge >= 0.3 is 6.55 Å². The van der Waals surface area contributed by atoms with E-state index >= 15 is 0 Å². The second-order valence-electron chi connectivity index (χ2n) is 6.01. The van der Waals surface area contributed by atoms with Crippen molar-refractivity contribution in [1.82, 2.24) is 9.55 Å². The van der Waals surface area contributed by atoms with E-state index in [1.807, 2.05) is 32.0 Å². The predicted molar refractivity (Wildman–Crippen MR) is 94.9 cm³/mol. The van der Waals surface area contributed by atoms with Crippen LogP contribution in [0.15, 0.2) is 42.5 Å². The number of nitrogens with zero attached hydrogens (tertiary/aromatic N) is 2. The van der Waals surface area contributed by atoms with Crippen LogP contribution in [0.4, 0.5) is 14.5 Å². The number of halogens is 2. The molecule has 0 aliphatic heterocycles. The highest BCUT2D eigenvalue weighted by Crippen LogP contribution is 2.30. The summed E-state index contributed by atoms with van der Waals surface area (Å²) in [6.45, 7) is 1.63. The molecule has 1 unspecified atom stereocenters. The molecule has 6 heteroatoms. The van der Waals surface area contributed by atoms with Crippen molar-refractivity contribution < 1.29 is 13.5 Å². The van der Waals surface area contributed by atoms with Gasteiger partial charge in [-0.1, -0.05) is 24.3 Å². The largest absolute Gasteiger partial charge is 0.380 e. The van der Waals surface area contributed by atoms with Gasteiger partial charge in [-0.05, 0) is 37.6 Å². The zero-order valence-corrected chi connectivity index (χ0v) is 14.5. The van der Waals surface area contributed by atoms with Crippen molar-refractivity contribution >= 4 is 16.7 Å². The lowest BCUT2D eigenvalue weighted by molar-refractivity contribution is 0.0708. The molecule has 4 nitrogen and oxygen atoms in total. The third kappa shape index (κ3) is 3.35. The van der Waals surface area contributed by atoms with Crippen molar-refractivity contribution in [3.05, 3.63) is 59.4 Å². The van der Waals surface area contributed by atoms with Gasteiger partial charge in [0.1, 0.15) is 5.82 Å². The van der Waals surface area contributed by atoms with Crippen LogP contribution in [0.5, 0.6) is 0 Å². The lowest BCUT2D eigenvalue weighted by Crippen LogP contribution is -2.15. The standard InChI is InChI=1S/C19H21F2N3O/c1-12-7-6-9-15(14(12)11-25-3)22-13(2)18-23-16-8-4-5-10-17(16)24(18)19(20)21/h4-10,13,19,22H,11H2,1-3H3. The number of alkyl halides is 2. The van der Waals surface area contributed by atoms with Crippen LogP contribution in [0, 0.1) is 6.92 Å². The number of hydrogen-bond donors (Lipinski definition) is 1. The van der Waals surface area contributed by atoms with Crippen molar-refractivity contribution in [1.29, 1.82) is 0 Å². The van der Waals surface area contributed by atoms with E-state index in [2.05, 4.69) is 10.3 Å². The third-order valence-corrected chi connectivity index (χ3v) is 4.28. The Bertz CT molecular complexity index is 876. The van der Waals surface area contributed by atoms with Gasteiger partial charge in [-0.3, -0.25) is 4.57 Å². The van der Waals surface area contributed by atoms with Gasteiger partial charge in [0.25, 0.3) is 0 Å². The number of aromatic nitrogens is 2. The molecule has 1 aromatic heterocycles. The lowest BCUT2D eigenvalue weighted by atomic mass is 10.1. The van der Waals surface area contributed by atoms with Gasteiger partial charge in [0.05, 0.1) is 23.7 Å². The van der Waals surface area contributed by atoms with Crippen molar-refractivity contribution in [2.45, 2.75) is 33.0 Å². The van der Waals surface area contributed by atoms with Gasteiger partial charge in [0, 0.05) is 18.4 Å². The molecule has 3 aromatic rings. The number of aryl methyl sites for hydroxylation is 1. The quantitative estimate of drug-likeness (QED) is 0.679. The van der Waals surface area contributed by atoms with E-state index in [0.29, 0.717) is 23.5 Å². The average molecular weight is 345 g/mol. The molecule has 0 spiro atoms. The molecular weight excluding hydrogens is 324 g/mol. The summed E-state index contributed by atoms with van der Waals surface area (Å²) in [5, 5.41) is 3.31. The third-order valence-electron chi connectivity index (χ3n) is 4.28. The molecule has 0 bridgehead atoms. The second-order valence-corrected chi connectivity index (χ2v) is 6.01. The van der Waals surface area contributed by atoms with Crippen molar-refractivity contribution in [2.75, 3.05) is 12.4 Å². The fraction of sp³-hybridized carbons (Fsp3) is 0.316. The molecular formula is C19H21F2N3O. The molecule has 132 valence electrons. The Labute approximate surface area is 145 Å². The molecule has 0 saturated carbocycles. The van der Waals surface area contributed by atoms with E-state index in [4.69, 9.17) is 4.74 Å². The molecule has 0 aliphatic carbocycles. The molecule has 1 heterocycles. The first-order valence-electron chi connectivity index (χ1n) is 8.12. The molecule has 0 fully saturated rings. The van der Waals surface area contributed by atoms with Crippen LogP contribution in [0.3, 0.4) is 0 Å². The van der Waals surface area contributed by atoms with Crippen LogP contribution >= 0.6 is 0 Å². The molecule has 1 atom stereocenters. The number of nitrogens with one attached hydrogen (secondary N) is 1. The van der Waals surface area contributed by atoms with Crippen molar-refractivity contribution in [2.24, 2.45) is 0 Å². The number of para-hydroxylation sites is 2. The summed E-state index contributed by atoms with van der Waals surface area (Å²) in [4.78, 5) is 4.42. The zero-order chi connectivity index (χ0) is 18.0. The number of benzene rings is 2. The SMILES string of the molecule is COCc1c(C)cccc1NC(C)c1nc2ccccc2n1C(F)F. The Balaban J connectivity index is 2.00. The van der Waals surface area contributed by atoms with Gasteiger partial charge in [-0.25, -0.2) is 4.98 Å². The number of fused-ring (bicyclic) bond motifs is 1. The Morgan fingerprint density at radius 2 is 1.92 bits per heavy atom. The summed E-state index contributed by atoms with van der Waals surface area (Å²) in [6, 6.07) is 12.4. The molecule has 0 saturated heterocycles. The first-order chi connectivity index (χ1) is 12.0. The topological polar surface area (TPSA) is 39.1 Å². The highest BCUT2D eigenvalue weighted by molar-refractivity contribution is 5.76. The molecule has 1 N–H and O–H groups in total. The van der Waals surface area contributed by atoms with E-state index in [-0.39, 0.29) is 6.04 Å². The summed E-state index contributed by atoms with van der Waals surface area (Å²) in [7, 11) is 1.63. The highest BCUT2D eigenvalue weighted by atomic mass is 19.3. The van der Waals surface area contributed by atoms with E-state index in [1.165, 1.54) is 0 Å². The average Bonchev–Trinajstić information content (AvgIpc) is 2.98. The Morgan fingerprint density at radius 1 is 1.16 bits per heavy atom. The smallest absolute Gasteiger partial charge is 0.320 e. The maximum Gasteiger partial charge on any atom is 0.320 e. The van der Waals surface area contributed by atoms with E-state index in [9.17, 15) is 8.78 Å². The number of methoxy groups -OCH3 is 1. The molecule has 0 aliphatic rings. The minimum atomic E-state index is -2.65. The highest BCUT2D eigenvalue weighted by Gasteiger charge is 2.22. The Kier molecular flexibility index (Phi) is 4.99. The minimum Gasteiger partial charge on any atom is -0.380 e. The lowest BCUT2D eigenvalue weighted by Gasteiger charge is -2.20. The minimum absolute atomic E-state index is 0.307. The number of hydrogen-bond acceptors (Lipinski definition) is 3. The first-order valence-corrected chi connectivity index (χ1v) is 8.12. The van der Waals surface area contributed by atoms with Crippen LogP contribution in [-0.2, 0) is 11.3 Å². The molecule has 0 radical (unpaired) electrons. The predicted octanol–water partition coefficient (Wildman–Crippen LogP) is 5.06. The van der Waals surface area contributed by atoms with Gasteiger partial charge in [0.2, 0.25) is 0 Å². The summed E-state index contributed by atoms with van der Waals surface area (Å²) >= 11 is 0. The summed E-state index contributed by atoms with van der Waals surface area (Å²) < 4.78 is 33.5. The first kappa shape index (κ1) is 17.4.